The molecule has 0 spiro atoms. The Balaban J connectivity index is 1.85. The minimum absolute atomic E-state index is 0.147. The molecule has 0 bridgehead atoms. The third-order valence-electron chi connectivity index (χ3n) is 3.50. The molecule has 0 fully saturated rings. The third kappa shape index (κ3) is 5.65. The molecule has 2 rings (SSSR count). The topological polar surface area (TPSA) is 75.7 Å². The number of benzene rings is 2. The predicted octanol–water partition coefficient (Wildman–Crippen LogP) is 2.43. The van der Waals surface area contributed by atoms with E-state index in [0.29, 0.717) is 23.0 Å². The van der Waals surface area contributed by atoms with Crippen LogP contribution in [0.15, 0.2) is 48.5 Å². The summed E-state index contributed by atoms with van der Waals surface area (Å²) in [4.78, 5) is 11.8. The van der Waals surface area contributed by atoms with Gasteiger partial charge in [-0.05, 0) is 35.9 Å². The quantitative estimate of drug-likeness (QED) is 0.798. The van der Waals surface area contributed by atoms with Gasteiger partial charge in [-0.1, -0.05) is 29.8 Å². The van der Waals surface area contributed by atoms with Crippen LogP contribution in [0.25, 0.3) is 0 Å². The first-order chi connectivity index (χ1) is 11.8. The smallest absolute Gasteiger partial charge is 0.258 e. The number of halogens is 1. The van der Waals surface area contributed by atoms with Gasteiger partial charge < -0.3 is 10.1 Å². The molecule has 0 aliphatic rings. The normalized spacial score (nSPS) is 11.0. The molecule has 2 aromatic rings. The van der Waals surface area contributed by atoms with Gasteiger partial charge in [0.05, 0.1) is 11.9 Å². The minimum Gasteiger partial charge on any atom is -0.484 e. The Morgan fingerprint density at radius 3 is 2.40 bits per heavy atom. The van der Waals surface area contributed by atoms with Crippen molar-refractivity contribution in [1.29, 1.82) is 0 Å². The lowest BCUT2D eigenvalue weighted by atomic mass is 10.2. The highest BCUT2D eigenvalue weighted by atomic mass is 35.5. The molecule has 6 nitrogen and oxygen atoms in total. The summed E-state index contributed by atoms with van der Waals surface area (Å²) >= 11 is 6.02. The molecule has 2 aromatic carbocycles. The number of anilines is 1. The Hall–Kier alpha value is -2.25. The Labute approximate surface area is 152 Å². The number of nitrogens with zero attached hydrogens (tertiary/aromatic N) is 1. The fraction of sp³-hybridized carbons (Fsp3) is 0.235. The van der Waals surface area contributed by atoms with E-state index in [1.54, 1.807) is 30.3 Å². The second-order valence-electron chi connectivity index (χ2n) is 5.38. The van der Waals surface area contributed by atoms with Gasteiger partial charge in [-0.3, -0.25) is 9.10 Å². The summed E-state index contributed by atoms with van der Waals surface area (Å²) in [6.45, 7) is 0.172. The molecule has 0 unspecified atom stereocenters. The summed E-state index contributed by atoms with van der Waals surface area (Å²) in [5, 5.41) is 3.32. The lowest BCUT2D eigenvalue weighted by Gasteiger charge is -2.16. The largest absolute Gasteiger partial charge is 0.484 e. The third-order valence-corrected chi connectivity index (χ3v) is 5.08. The average molecular weight is 383 g/mol. The number of amides is 1. The van der Waals surface area contributed by atoms with Crippen LogP contribution in [0.3, 0.4) is 0 Å². The van der Waals surface area contributed by atoms with Crippen molar-refractivity contribution in [3.63, 3.8) is 0 Å². The van der Waals surface area contributed by atoms with Crippen molar-refractivity contribution in [1.82, 2.24) is 5.32 Å². The summed E-state index contributed by atoms with van der Waals surface area (Å²) in [5.74, 6) is 0.191. The number of sulfonamides is 1. The summed E-state index contributed by atoms with van der Waals surface area (Å²) in [5.41, 5.74) is 1.34. The van der Waals surface area contributed by atoms with Gasteiger partial charge in [-0.15, -0.1) is 0 Å². The zero-order valence-electron chi connectivity index (χ0n) is 13.9. The van der Waals surface area contributed by atoms with Crippen LogP contribution < -0.4 is 14.4 Å². The number of carbonyl (C=O) groups is 1. The van der Waals surface area contributed by atoms with Gasteiger partial charge in [0.25, 0.3) is 5.91 Å². The molecule has 25 heavy (non-hydrogen) atoms. The van der Waals surface area contributed by atoms with Crippen molar-refractivity contribution in [2.24, 2.45) is 0 Å². The van der Waals surface area contributed by atoms with Crippen molar-refractivity contribution in [2.45, 2.75) is 6.54 Å². The number of hydrogen-bond donors (Lipinski definition) is 1. The van der Waals surface area contributed by atoms with Crippen LogP contribution in [0.4, 0.5) is 5.69 Å². The Morgan fingerprint density at radius 1 is 1.16 bits per heavy atom. The Morgan fingerprint density at radius 2 is 1.80 bits per heavy atom. The lowest BCUT2D eigenvalue weighted by molar-refractivity contribution is -0.123. The second kappa shape index (κ2) is 8.22. The maximum absolute atomic E-state index is 11.8. The van der Waals surface area contributed by atoms with Crippen molar-refractivity contribution >= 4 is 33.2 Å². The van der Waals surface area contributed by atoms with Gasteiger partial charge in [0, 0.05) is 18.6 Å². The summed E-state index contributed by atoms with van der Waals surface area (Å²) in [6, 6.07) is 13.7. The fourth-order valence-electron chi connectivity index (χ4n) is 1.98. The Bertz CT molecular complexity index is 838. The monoisotopic (exact) mass is 382 g/mol. The van der Waals surface area contributed by atoms with Gasteiger partial charge in [0.1, 0.15) is 5.75 Å². The number of ether oxygens (including phenoxy) is 1. The van der Waals surface area contributed by atoms with Crippen LogP contribution in [0.2, 0.25) is 5.02 Å². The molecule has 0 saturated heterocycles. The summed E-state index contributed by atoms with van der Waals surface area (Å²) in [6.07, 6.45) is 1.13. The first-order valence-electron chi connectivity index (χ1n) is 7.44. The predicted molar refractivity (Wildman–Crippen MR) is 98.5 cm³/mol. The fourth-order valence-corrected chi connectivity index (χ4v) is 2.69. The first kappa shape index (κ1) is 19.1. The molecule has 1 N–H and O–H groups in total. The van der Waals surface area contributed by atoms with E-state index in [4.69, 9.17) is 16.3 Å². The lowest BCUT2D eigenvalue weighted by Crippen LogP contribution is -2.28. The van der Waals surface area contributed by atoms with Crippen LogP contribution in [-0.4, -0.2) is 34.2 Å². The molecule has 0 radical (unpaired) electrons. The number of nitrogens with one attached hydrogen (secondary N) is 1. The average Bonchev–Trinajstić information content (AvgIpc) is 2.58. The van der Waals surface area contributed by atoms with Gasteiger partial charge in [-0.25, -0.2) is 8.42 Å². The van der Waals surface area contributed by atoms with Gasteiger partial charge in [0.15, 0.2) is 6.61 Å². The zero-order valence-corrected chi connectivity index (χ0v) is 15.5. The molecule has 0 aromatic heterocycles. The SMILES string of the molecule is CN(c1ccc(OCC(=O)NCc2ccccc2Cl)cc1)S(C)(=O)=O. The molecule has 8 heteroatoms. The first-order valence-corrected chi connectivity index (χ1v) is 9.67. The van der Waals surface area contributed by atoms with Crippen LogP contribution in [-0.2, 0) is 21.4 Å². The molecule has 0 saturated carbocycles. The summed E-state index contributed by atoms with van der Waals surface area (Å²) in [7, 11) is -1.85. The van der Waals surface area contributed by atoms with Crippen LogP contribution >= 0.6 is 11.6 Å². The summed E-state index contributed by atoms with van der Waals surface area (Å²) < 4.78 is 29.5. The molecule has 0 aliphatic heterocycles. The standard InChI is InChI=1S/C17H19ClN2O4S/c1-20(25(2,22)23)14-7-9-15(10-8-14)24-12-17(21)19-11-13-5-3-4-6-16(13)18/h3-10H,11-12H2,1-2H3,(H,19,21). The highest BCUT2D eigenvalue weighted by Gasteiger charge is 2.11. The molecule has 0 heterocycles. The highest BCUT2D eigenvalue weighted by molar-refractivity contribution is 7.92. The second-order valence-corrected chi connectivity index (χ2v) is 7.80. The molecule has 1 amide bonds. The number of carbonyl (C=O) groups excluding carboxylic acids is 1. The van der Waals surface area contributed by atoms with E-state index in [0.717, 1.165) is 16.1 Å². The van der Waals surface area contributed by atoms with E-state index < -0.39 is 10.0 Å². The van der Waals surface area contributed by atoms with E-state index in [-0.39, 0.29) is 12.5 Å². The van der Waals surface area contributed by atoms with Gasteiger partial charge in [0.2, 0.25) is 10.0 Å². The van der Waals surface area contributed by atoms with Gasteiger partial charge >= 0.3 is 0 Å². The van der Waals surface area contributed by atoms with E-state index in [2.05, 4.69) is 5.32 Å². The van der Waals surface area contributed by atoms with Gasteiger partial charge in [-0.2, -0.15) is 0 Å². The van der Waals surface area contributed by atoms with Crippen LogP contribution in [0.5, 0.6) is 5.75 Å². The van der Waals surface area contributed by atoms with E-state index >= 15 is 0 Å². The van der Waals surface area contributed by atoms with Crippen LogP contribution in [0.1, 0.15) is 5.56 Å². The molecular formula is C17H19ClN2O4S. The van der Waals surface area contributed by atoms with E-state index in [9.17, 15) is 13.2 Å². The molecule has 0 atom stereocenters. The van der Waals surface area contributed by atoms with Crippen molar-refractivity contribution in [3.05, 3.63) is 59.1 Å². The zero-order chi connectivity index (χ0) is 18.4. The molecule has 134 valence electrons. The van der Waals surface area contributed by atoms with Crippen molar-refractivity contribution in [2.75, 3.05) is 24.2 Å². The Kier molecular flexibility index (Phi) is 6.27. The van der Waals surface area contributed by atoms with Crippen molar-refractivity contribution < 1.29 is 17.9 Å². The van der Waals surface area contributed by atoms with E-state index in [1.165, 1.54) is 7.05 Å². The number of hydrogen-bond acceptors (Lipinski definition) is 4. The maximum atomic E-state index is 11.8. The number of rotatable bonds is 7. The molecule has 0 aliphatic carbocycles. The van der Waals surface area contributed by atoms with Crippen LogP contribution in [0, 0.1) is 0 Å². The highest BCUT2D eigenvalue weighted by Crippen LogP contribution is 2.20. The minimum atomic E-state index is -3.31. The molecular weight excluding hydrogens is 364 g/mol. The maximum Gasteiger partial charge on any atom is 0.258 e. The van der Waals surface area contributed by atoms with Crippen molar-refractivity contribution in [3.8, 4) is 5.75 Å². The van der Waals surface area contributed by atoms with E-state index in [1.807, 2.05) is 18.2 Å².